The molecular formula is C16H22ClN3O2. The molecule has 0 heterocycles. The van der Waals surface area contributed by atoms with E-state index in [1.807, 2.05) is 20.8 Å². The molecule has 1 aromatic rings. The summed E-state index contributed by atoms with van der Waals surface area (Å²) in [6.45, 7) is 5.79. The number of hydrogen-bond acceptors (Lipinski definition) is 3. The monoisotopic (exact) mass is 323 g/mol. The van der Waals surface area contributed by atoms with Gasteiger partial charge in [-0.25, -0.2) is 5.43 Å². The summed E-state index contributed by atoms with van der Waals surface area (Å²) in [7, 11) is 0. The smallest absolute Gasteiger partial charge is 0.240 e. The molecule has 0 fully saturated rings. The number of nitrogens with zero attached hydrogens (tertiary/aromatic N) is 1. The molecule has 0 aromatic heterocycles. The van der Waals surface area contributed by atoms with Crippen molar-refractivity contribution in [2.24, 2.45) is 5.10 Å². The van der Waals surface area contributed by atoms with E-state index in [0.29, 0.717) is 10.7 Å². The zero-order valence-corrected chi connectivity index (χ0v) is 14.0. The molecule has 0 unspecified atom stereocenters. The lowest BCUT2D eigenvalue weighted by Crippen LogP contribution is -2.22. The summed E-state index contributed by atoms with van der Waals surface area (Å²) in [4.78, 5) is 23.5. The number of carbonyl (C=O) groups excluding carboxylic acids is 2. The largest absolute Gasteiger partial charge is 0.326 e. The molecule has 2 amide bonds. The first-order valence-electron chi connectivity index (χ1n) is 7.37. The van der Waals surface area contributed by atoms with Crippen LogP contribution in [0, 0.1) is 6.92 Å². The van der Waals surface area contributed by atoms with Gasteiger partial charge in [0.15, 0.2) is 0 Å². The molecule has 0 radical (unpaired) electrons. The Morgan fingerprint density at radius 3 is 2.41 bits per heavy atom. The Hall–Kier alpha value is -1.88. The molecule has 0 aliphatic rings. The van der Waals surface area contributed by atoms with Crippen LogP contribution in [-0.4, -0.2) is 17.5 Å². The highest BCUT2D eigenvalue weighted by atomic mass is 35.5. The van der Waals surface area contributed by atoms with Crippen molar-refractivity contribution >= 4 is 34.8 Å². The normalized spacial score (nSPS) is 10.0. The predicted molar refractivity (Wildman–Crippen MR) is 90.2 cm³/mol. The Labute approximate surface area is 136 Å². The number of benzene rings is 1. The van der Waals surface area contributed by atoms with Gasteiger partial charge in [-0.1, -0.05) is 31.5 Å². The molecule has 1 rings (SSSR count). The van der Waals surface area contributed by atoms with Gasteiger partial charge in [0.05, 0.1) is 0 Å². The van der Waals surface area contributed by atoms with E-state index in [-0.39, 0.29) is 24.7 Å². The van der Waals surface area contributed by atoms with Crippen molar-refractivity contribution in [2.75, 3.05) is 5.32 Å². The van der Waals surface area contributed by atoms with E-state index in [0.717, 1.165) is 24.1 Å². The van der Waals surface area contributed by atoms with Crippen LogP contribution in [0.15, 0.2) is 23.3 Å². The summed E-state index contributed by atoms with van der Waals surface area (Å²) in [5.74, 6) is -0.493. The third kappa shape index (κ3) is 5.85. The van der Waals surface area contributed by atoms with E-state index in [2.05, 4.69) is 15.8 Å². The number of anilines is 1. The van der Waals surface area contributed by atoms with Gasteiger partial charge in [0.2, 0.25) is 11.8 Å². The fraction of sp³-hybridized carbons (Fsp3) is 0.438. The van der Waals surface area contributed by atoms with Crippen LogP contribution in [0.5, 0.6) is 0 Å². The lowest BCUT2D eigenvalue weighted by molar-refractivity contribution is -0.124. The molecule has 0 atom stereocenters. The number of hydrazone groups is 1. The zero-order valence-electron chi connectivity index (χ0n) is 13.2. The number of hydrogen-bond donors (Lipinski definition) is 2. The summed E-state index contributed by atoms with van der Waals surface area (Å²) < 4.78 is 0. The second-order valence-corrected chi connectivity index (χ2v) is 5.29. The summed E-state index contributed by atoms with van der Waals surface area (Å²) >= 11 is 5.99. The van der Waals surface area contributed by atoms with Gasteiger partial charge in [0.1, 0.15) is 0 Å². The fourth-order valence-corrected chi connectivity index (χ4v) is 1.96. The Kier molecular flexibility index (Phi) is 7.60. The van der Waals surface area contributed by atoms with Gasteiger partial charge in [-0.2, -0.15) is 5.10 Å². The minimum absolute atomic E-state index is 0.0929. The van der Waals surface area contributed by atoms with E-state index in [1.54, 1.807) is 18.2 Å². The van der Waals surface area contributed by atoms with Crippen LogP contribution >= 0.6 is 11.6 Å². The summed E-state index contributed by atoms with van der Waals surface area (Å²) in [6, 6.07) is 5.30. The molecule has 22 heavy (non-hydrogen) atoms. The number of rotatable bonds is 7. The highest BCUT2D eigenvalue weighted by molar-refractivity contribution is 6.31. The van der Waals surface area contributed by atoms with Crippen LogP contribution in [0.1, 0.15) is 45.1 Å². The van der Waals surface area contributed by atoms with E-state index in [4.69, 9.17) is 11.6 Å². The van der Waals surface area contributed by atoms with Gasteiger partial charge in [0.25, 0.3) is 0 Å². The molecule has 0 spiro atoms. The van der Waals surface area contributed by atoms with E-state index < -0.39 is 0 Å². The van der Waals surface area contributed by atoms with Crippen LogP contribution < -0.4 is 10.7 Å². The van der Waals surface area contributed by atoms with Crippen molar-refractivity contribution in [2.45, 2.75) is 46.5 Å². The average molecular weight is 324 g/mol. The lowest BCUT2D eigenvalue weighted by atomic mass is 10.2. The number of halogens is 1. The Morgan fingerprint density at radius 1 is 1.14 bits per heavy atom. The highest BCUT2D eigenvalue weighted by Gasteiger charge is 2.09. The Morgan fingerprint density at radius 2 is 1.77 bits per heavy atom. The van der Waals surface area contributed by atoms with Crippen LogP contribution in [-0.2, 0) is 9.59 Å². The average Bonchev–Trinajstić information content (AvgIpc) is 2.51. The first kappa shape index (κ1) is 18.2. The molecule has 6 heteroatoms. The molecule has 5 nitrogen and oxygen atoms in total. The van der Waals surface area contributed by atoms with Crippen molar-refractivity contribution < 1.29 is 9.59 Å². The van der Waals surface area contributed by atoms with Gasteiger partial charge in [0, 0.05) is 29.3 Å². The lowest BCUT2D eigenvalue weighted by Gasteiger charge is -2.09. The quantitative estimate of drug-likeness (QED) is 0.594. The Balaban J connectivity index is 2.45. The van der Waals surface area contributed by atoms with Crippen LogP contribution in [0.3, 0.4) is 0 Å². The second kappa shape index (κ2) is 9.20. The molecule has 0 saturated carbocycles. The predicted octanol–water partition coefficient (Wildman–Crippen LogP) is 3.66. The first-order valence-corrected chi connectivity index (χ1v) is 7.74. The number of nitrogens with one attached hydrogen (secondary N) is 2. The minimum atomic E-state index is -0.266. The molecule has 0 bridgehead atoms. The zero-order chi connectivity index (χ0) is 16.5. The SMILES string of the molecule is CCC(CC)=NNC(=O)CCC(=O)Nc1cccc(Cl)c1C. The summed E-state index contributed by atoms with van der Waals surface area (Å²) in [5, 5.41) is 7.36. The standard InChI is InChI=1S/C16H22ClN3O2/c1-4-12(5-2)19-20-16(22)10-9-15(21)18-14-8-6-7-13(17)11(14)3/h6-8H,4-5,9-10H2,1-3H3,(H,18,21)(H,20,22). The maximum atomic E-state index is 11.9. The van der Waals surface area contributed by atoms with Gasteiger partial charge >= 0.3 is 0 Å². The van der Waals surface area contributed by atoms with Crippen molar-refractivity contribution in [3.05, 3.63) is 28.8 Å². The minimum Gasteiger partial charge on any atom is -0.326 e. The number of amides is 2. The number of carbonyl (C=O) groups is 2. The molecule has 0 aliphatic heterocycles. The van der Waals surface area contributed by atoms with Gasteiger partial charge < -0.3 is 5.32 Å². The maximum Gasteiger partial charge on any atom is 0.240 e. The van der Waals surface area contributed by atoms with Gasteiger partial charge in [-0.05, 0) is 37.5 Å². The van der Waals surface area contributed by atoms with E-state index in [1.165, 1.54) is 0 Å². The maximum absolute atomic E-state index is 11.9. The molecule has 2 N–H and O–H groups in total. The highest BCUT2D eigenvalue weighted by Crippen LogP contribution is 2.22. The summed E-state index contributed by atoms with van der Waals surface area (Å²) in [6.07, 6.45) is 1.78. The van der Waals surface area contributed by atoms with Crippen LogP contribution in [0.25, 0.3) is 0 Å². The third-order valence-corrected chi connectivity index (χ3v) is 3.69. The Bertz CT molecular complexity index is 565. The third-order valence-electron chi connectivity index (χ3n) is 3.28. The summed E-state index contributed by atoms with van der Waals surface area (Å²) in [5.41, 5.74) is 4.87. The molecule has 0 saturated heterocycles. The van der Waals surface area contributed by atoms with Crippen molar-refractivity contribution in [3.63, 3.8) is 0 Å². The molecule has 1 aromatic carbocycles. The molecule has 0 aliphatic carbocycles. The van der Waals surface area contributed by atoms with Crippen molar-refractivity contribution in [1.29, 1.82) is 0 Å². The van der Waals surface area contributed by atoms with Crippen molar-refractivity contribution in [1.82, 2.24) is 5.43 Å². The van der Waals surface area contributed by atoms with E-state index >= 15 is 0 Å². The van der Waals surface area contributed by atoms with Gasteiger partial charge in [-0.3, -0.25) is 9.59 Å². The molecule has 120 valence electrons. The van der Waals surface area contributed by atoms with Crippen LogP contribution in [0.4, 0.5) is 5.69 Å². The van der Waals surface area contributed by atoms with Crippen LogP contribution in [0.2, 0.25) is 5.02 Å². The van der Waals surface area contributed by atoms with Gasteiger partial charge in [-0.15, -0.1) is 0 Å². The van der Waals surface area contributed by atoms with Crippen molar-refractivity contribution in [3.8, 4) is 0 Å². The second-order valence-electron chi connectivity index (χ2n) is 4.88. The first-order chi connectivity index (χ1) is 10.5. The molecular weight excluding hydrogens is 302 g/mol. The van der Waals surface area contributed by atoms with E-state index in [9.17, 15) is 9.59 Å². The topological polar surface area (TPSA) is 70.6 Å². The fourth-order valence-electron chi connectivity index (χ4n) is 1.79.